The van der Waals surface area contributed by atoms with E-state index in [9.17, 15) is 0 Å². The Kier molecular flexibility index (Phi) is 41.0. The molecule has 0 heterocycles. The summed E-state index contributed by atoms with van der Waals surface area (Å²) in [6, 6.07) is 0. The van der Waals surface area contributed by atoms with Gasteiger partial charge in [0.25, 0.3) is 0 Å². The fourth-order valence-corrected chi connectivity index (χ4v) is 0.939. The molecule has 0 spiro atoms. The van der Waals surface area contributed by atoms with Gasteiger partial charge in [-0.25, -0.2) is 0 Å². The second kappa shape index (κ2) is 31.0. The highest BCUT2D eigenvalue weighted by molar-refractivity contribution is 5.45. The monoisotopic (exact) mass is 290 g/mol. The minimum absolute atomic E-state index is 1.02. The molecule has 0 heteroatoms. The molecule has 0 fully saturated rings. The Labute approximate surface area is 135 Å². The summed E-state index contributed by atoms with van der Waals surface area (Å²) in [5, 5.41) is 0. The van der Waals surface area contributed by atoms with Crippen LogP contribution in [0.15, 0.2) is 73.4 Å². The van der Waals surface area contributed by atoms with E-state index in [1.807, 2.05) is 45.9 Å². The first-order valence-corrected chi connectivity index (χ1v) is 7.97. The van der Waals surface area contributed by atoms with E-state index >= 15 is 0 Å². The van der Waals surface area contributed by atoms with Crippen LogP contribution in [0.2, 0.25) is 0 Å². The molecular weight excluding hydrogens is 252 g/mol. The fourth-order valence-electron chi connectivity index (χ4n) is 0.939. The first-order chi connectivity index (χ1) is 10.1. The van der Waals surface area contributed by atoms with Crippen molar-refractivity contribution in [2.75, 3.05) is 0 Å². The zero-order valence-corrected chi connectivity index (χ0v) is 15.6. The van der Waals surface area contributed by atoms with Crippen LogP contribution in [-0.4, -0.2) is 0 Å². The van der Waals surface area contributed by atoms with Crippen molar-refractivity contribution >= 4 is 0 Å². The van der Waals surface area contributed by atoms with Crippen molar-refractivity contribution in [1.29, 1.82) is 0 Å². The zero-order chi connectivity index (χ0) is 17.5. The van der Waals surface area contributed by atoms with Crippen molar-refractivity contribution in [3.63, 3.8) is 0 Å². The Morgan fingerprint density at radius 2 is 1.38 bits per heavy atom. The van der Waals surface area contributed by atoms with Gasteiger partial charge in [-0.3, -0.25) is 0 Å². The van der Waals surface area contributed by atoms with Crippen LogP contribution in [-0.2, 0) is 0 Å². The summed E-state index contributed by atoms with van der Waals surface area (Å²) in [5.74, 6) is 0. The molecule has 0 aromatic rings. The second-order valence-corrected chi connectivity index (χ2v) is 3.81. The maximum atomic E-state index is 3.96. The Balaban J connectivity index is -0.000000151. The quantitative estimate of drug-likeness (QED) is 0.357. The van der Waals surface area contributed by atoms with Crippen molar-refractivity contribution in [1.82, 2.24) is 0 Å². The maximum Gasteiger partial charge on any atom is -0.0193 e. The third-order valence-corrected chi connectivity index (χ3v) is 1.57. The molecule has 21 heavy (non-hydrogen) atoms. The standard InChI is InChI=1S/C13H18.C3H8.C3H6.C2H6/c1-5-8-11-13(10-7-3)12(4)9-6-2;2*1-3-2;1-2/h6-11H,3-5H2,1-2H3;3H2,1-2H3;3H,1H2,2H3;1-2H3/b9-6-,11-8-,13-10+;;;. The van der Waals surface area contributed by atoms with Crippen molar-refractivity contribution in [3.05, 3.63) is 73.4 Å². The lowest BCUT2D eigenvalue weighted by Gasteiger charge is -1.99. The zero-order valence-electron chi connectivity index (χ0n) is 15.6. The average molecular weight is 291 g/mol. The average Bonchev–Trinajstić information content (AvgIpc) is 2.47. The van der Waals surface area contributed by atoms with Crippen LogP contribution in [0.5, 0.6) is 0 Å². The van der Waals surface area contributed by atoms with Crippen LogP contribution < -0.4 is 0 Å². The van der Waals surface area contributed by atoms with Crippen molar-refractivity contribution in [2.24, 2.45) is 0 Å². The van der Waals surface area contributed by atoms with Gasteiger partial charge >= 0.3 is 0 Å². The van der Waals surface area contributed by atoms with Crippen LogP contribution in [0.3, 0.4) is 0 Å². The summed E-state index contributed by atoms with van der Waals surface area (Å²) in [6.07, 6.45) is 16.0. The molecule has 0 aliphatic carbocycles. The topological polar surface area (TPSA) is 0 Å². The molecule has 122 valence electrons. The van der Waals surface area contributed by atoms with Gasteiger partial charge in [0.1, 0.15) is 0 Å². The molecule has 0 bridgehead atoms. The van der Waals surface area contributed by atoms with Gasteiger partial charge in [-0.2, -0.15) is 0 Å². The number of hydrogen-bond acceptors (Lipinski definition) is 0. The van der Waals surface area contributed by atoms with Gasteiger partial charge in [-0.1, -0.05) is 96.7 Å². The molecule has 0 aromatic heterocycles. The molecule has 0 atom stereocenters. The predicted molar refractivity (Wildman–Crippen MR) is 105 cm³/mol. The normalized spacial score (nSPS) is 9.57. The number of allylic oxidation sites excluding steroid dienone is 9. The lowest BCUT2D eigenvalue weighted by Crippen LogP contribution is -1.79. The molecule has 0 N–H and O–H groups in total. The van der Waals surface area contributed by atoms with E-state index < -0.39 is 0 Å². The molecule has 0 saturated heterocycles. The molecule has 0 aliphatic rings. The highest BCUT2D eigenvalue weighted by Gasteiger charge is 1.91. The molecule has 0 unspecified atom stereocenters. The highest BCUT2D eigenvalue weighted by atomic mass is 14.0. The first kappa shape index (κ1) is 27.7. The smallest absolute Gasteiger partial charge is 0.0193 e. The molecular formula is C21H38. The Hall–Kier alpha value is -1.56. The predicted octanol–water partition coefficient (Wildman–Crippen LogP) is 7.83. The van der Waals surface area contributed by atoms with E-state index in [0.29, 0.717) is 0 Å². The van der Waals surface area contributed by atoms with Crippen LogP contribution in [0.1, 0.15) is 61.3 Å². The number of rotatable bonds is 5. The SMILES string of the molecule is C=C/C=C(\C=C/CC)C(=C)/C=C\C.C=CC.CC.CCC. The summed E-state index contributed by atoms with van der Waals surface area (Å²) < 4.78 is 0. The van der Waals surface area contributed by atoms with Gasteiger partial charge in [0, 0.05) is 0 Å². The summed E-state index contributed by atoms with van der Waals surface area (Å²) in [4.78, 5) is 0. The van der Waals surface area contributed by atoms with Gasteiger partial charge in [-0.05, 0) is 31.4 Å². The summed E-state index contributed by atoms with van der Waals surface area (Å²) in [5.41, 5.74) is 2.14. The van der Waals surface area contributed by atoms with E-state index in [2.05, 4.69) is 52.7 Å². The molecule has 0 radical (unpaired) electrons. The van der Waals surface area contributed by atoms with E-state index in [0.717, 1.165) is 17.6 Å². The molecule has 0 saturated carbocycles. The minimum Gasteiger partial charge on any atom is -0.103 e. The van der Waals surface area contributed by atoms with Gasteiger partial charge in [-0.15, -0.1) is 6.58 Å². The fraction of sp³-hybridized carbons (Fsp3) is 0.429. The third-order valence-electron chi connectivity index (χ3n) is 1.57. The van der Waals surface area contributed by atoms with Crippen LogP contribution in [0.25, 0.3) is 0 Å². The van der Waals surface area contributed by atoms with Crippen LogP contribution in [0, 0.1) is 0 Å². The van der Waals surface area contributed by atoms with Crippen molar-refractivity contribution < 1.29 is 0 Å². The Morgan fingerprint density at radius 3 is 1.67 bits per heavy atom. The lowest BCUT2D eigenvalue weighted by atomic mass is 10.1. The van der Waals surface area contributed by atoms with Gasteiger partial charge in [0.15, 0.2) is 0 Å². The van der Waals surface area contributed by atoms with Crippen LogP contribution in [0.4, 0.5) is 0 Å². The summed E-state index contributed by atoms with van der Waals surface area (Å²) in [7, 11) is 0. The first-order valence-electron chi connectivity index (χ1n) is 7.97. The maximum absolute atomic E-state index is 3.96. The van der Waals surface area contributed by atoms with Gasteiger partial charge < -0.3 is 0 Å². The molecule has 0 rings (SSSR count). The van der Waals surface area contributed by atoms with E-state index in [1.54, 1.807) is 12.2 Å². The molecule has 0 amide bonds. The Morgan fingerprint density at radius 1 is 0.952 bits per heavy atom. The third kappa shape index (κ3) is 32.2. The van der Waals surface area contributed by atoms with E-state index in [-0.39, 0.29) is 0 Å². The summed E-state index contributed by atoms with van der Waals surface area (Å²) in [6.45, 7) is 25.2. The van der Waals surface area contributed by atoms with Crippen molar-refractivity contribution in [3.8, 4) is 0 Å². The van der Waals surface area contributed by atoms with E-state index in [1.165, 1.54) is 6.42 Å². The second-order valence-electron chi connectivity index (χ2n) is 3.81. The number of hydrogen-bond donors (Lipinski definition) is 0. The Bertz CT molecular complexity index is 298. The summed E-state index contributed by atoms with van der Waals surface area (Å²) >= 11 is 0. The highest BCUT2D eigenvalue weighted by Crippen LogP contribution is 2.11. The minimum atomic E-state index is 1.02. The van der Waals surface area contributed by atoms with Gasteiger partial charge in [0.2, 0.25) is 0 Å². The molecule has 0 nitrogen and oxygen atoms in total. The largest absolute Gasteiger partial charge is 0.103 e. The van der Waals surface area contributed by atoms with Crippen LogP contribution >= 0.6 is 0 Å². The van der Waals surface area contributed by atoms with Gasteiger partial charge in [0.05, 0.1) is 0 Å². The molecule has 0 aromatic carbocycles. The van der Waals surface area contributed by atoms with Crippen molar-refractivity contribution in [2.45, 2.75) is 61.3 Å². The van der Waals surface area contributed by atoms with E-state index in [4.69, 9.17) is 0 Å². The molecule has 0 aliphatic heterocycles. The lowest BCUT2D eigenvalue weighted by molar-refractivity contribution is 1.09.